The number of halogens is 3. The topological polar surface area (TPSA) is 98.1 Å². The predicted molar refractivity (Wildman–Crippen MR) is 113 cm³/mol. The first-order valence-electron chi connectivity index (χ1n) is 9.48. The number of ketones is 1. The standard InChI is InChI=1S/C22H12F3N3O4S/c23-22(24,25)15-6-2-4-8-18(15)33(31,32)27-12-9-10-16-14(11-12)21(30)28-17-7-3-1-5-13(17)19(29)20(28)26-16/h1-11,27H. The molecule has 0 radical (unpaired) electrons. The Morgan fingerprint density at radius 2 is 1.61 bits per heavy atom. The summed E-state index contributed by atoms with van der Waals surface area (Å²) in [6.07, 6.45) is -4.88. The number of fused-ring (bicyclic) bond motifs is 4. The monoisotopic (exact) mass is 471 g/mol. The summed E-state index contributed by atoms with van der Waals surface area (Å²) in [5.41, 5.74) is -1.25. The van der Waals surface area contributed by atoms with Gasteiger partial charge in [0.15, 0.2) is 5.82 Å². The fraction of sp³-hybridized carbons (Fsp3) is 0.0455. The summed E-state index contributed by atoms with van der Waals surface area (Å²) in [6, 6.07) is 14.0. The van der Waals surface area contributed by atoms with Crippen molar-refractivity contribution in [3.05, 3.63) is 94.0 Å². The second-order valence-corrected chi connectivity index (χ2v) is 8.90. The third kappa shape index (κ3) is 3.28. The number of aromatic nitrogens is 2. The van der Waals surface area contributed by atoms with Gasteiger partial charge in [0.2, 0.25) is 5.78 Å². The van der Waals surface area contributed by atoms with Crippen molar-refractivity contribution in [3.63, 3.8) is 0 Å². The SMILES string of the molecule is O=C1c2ccccc2-n2c1nc1ccc(NS(=O)(=O)c3ccccc3C(F)(F)F)cc1c2=O. The molecule has 0 spiro atoms. The molecule has 2 heterocycles. The number of hydrogen-bond donors (Lipinski definition) is 1. The highest BCUT2D eigenvalue weighted by atomic mass is 32.2. The van der Waals surface area contributed by atoms with Gasteiger partial charge >= 0.3 is 6.18 Å². The molecule has 0 amide bonds. The maximum Gasteiger partial charge on any atom is 0.417 e. The largest absolute Gasteiger partial charge is 0.417 e. The summed E-state index contributed by atoms with van der Waals surface area (Å²) in [5.74, 6) is -0.487. The Kier molecular flexibility index (Phi) is 4.43. The zero-order chi connectivity index (χ0) is 23.5. The molecule has 4 aromatic rings. The van der Waals surface area contributed by atoms with Crippen molar-refractivity contribution in [2.24, 2.45) is 0 Å². The molecule has 0 bridgehead atoms. The fourth-order valence-electron chi connectivity index (χ4n) is 3.75. The number of carbonyl (C=O) groups excluding carboxylic acids is 1. The number of nitrogens with one attached hydrogen (secondary N) is 1. The van der Waals surface area contributed by atoms with Crippen LogP contribution >= 0.6 is 0 Å². The lowest BCUT2D eigenvalue weighted by molar-refractivity contribution is -0.139. The Balaban J connectivity index is 1.62. The van der Waals surface area contributed by atoms with E-state index in [0.29, 0.717) is 17.3 Å². The van der Waals surface area contributed by atoms with Crippen LogP contribution in [0.15, 0.2) is 76.4 Å². The molecule has 3 aromatic carbocycles. The van der Waals surface area contributed by atoms with Crippen molar-refractivity contribution in [2.45, 2.75) is 11.1 Å². The number of alkyl halides is 3. The molecule has 1 aliphatic rings. The average molecular weight is 471 g/mol. The van der Waals surface area contributed by atoms with E-state index in [4.69, 9.17) is 0 Å². The number of rotatable bonds is 3. The lowest BCUT2D eigenvalue weighted by atomic mass is 10.1. The van der Waals surface area contributed by atoms with E-state index >= 15 is 0 Å². The van der Waals surface area contributed by atoms with Crippen LogP contribution < -0.4 is 10.3 Å². The molecule has 0 unspecified atom stereocenters. The molecule has 1 N–H and O–H groups in total. The van der Waals surface area contributed by atoms with Gasteiger partial charge in [0.1, 0.15) is 0 Å². The maximum atomic E-state index is 13.3. The van der Waals surface area contributed by atoms with Gasteiger partial charge in [0.05, 0.1) is 32.6 Å². The first kappa shape index (κ1) is 20.9. The summed E-state index contributed by atoms with van der Waals surface area (Å²) in [4.78, 5) is 29.0. The van der Waals surface area contributed by atoms with Crippen molar-refractivity contribution in [3.8, 4) is 5.69 Å². The van der Waals surface area contributed by atoms with E-state index < -0.39 is 38.0 Å². The van der Waals surface area contributed by atoms with Crippen LogP contribution in [0, 0.1) is 0 Å². The van der Waals surface area contributed by atoms with Gasteiger partial charge in [-0.05, 0) is 42.5 Å². The van der Waals surface area contributed by atoms with E-state index in [1.807, 2.05) is 0 Å². The highest BCUT2D eigenvalue weighted by molar-refractivity contribution is 7.92. The van der Waals surface area contributed by atoms with Crippen LogP contribution in [-0.2, 0) is 16.2 Å². The van der Waals surface area contributed by atoms with Crippen LogP contribution in [0.3, 0.4) is 0 Å². The zero-order valence-electron chi connectivity index (χ0n) is 16.4. The van der Waals surface area contributed by atoms with Gasteiger partial charge in [-0.3, -0.25) is 18.9 Å². The number of benzene rings is 3. The Morgan fingerprint density at radius 1 is 0.909 bits per heavy atom. The third-order valence-corrected chi connectivity index (χ3v) is 6.63. The highest BCUT2D eigenvalue weighted by Gasteiger charge is 2.37. The zero-order valence-corrected chi connectivity index (χ0v) is 17.2. The van der Waals surface area contributed by atoms with E-state index in [1.165, 1.54) is 24.3 Å². The first-order valence-corrected chi connectivity index (χ1v) is 11.0. The summed E-state index contributed by atoms with van der Waals surface area (Å²) in [6.45, 7) is 0. The van der Waals surface area contributed by atoms with Gasteiger partial charge in [-0.15, -0.1) is 0 Å². The average Bonchev–Trinajstić information content (AvgIpc) is 3.06. The number of sulfonamides is 1. The molecule has 33 heavy (non-hydrogen) atoms. The molecule has 1 aromatic heterocycles. The molecule has 166 valence electrons. The van der Waals surface area contributed by atoms with Crippen molar-refractivity contribution in [1.29, 1.82) is 0 Å². The normalized spacial score (nSPS) is 13.1. The molecule has 5 rings (SSSR count). The van der Waals surface area contributed by atoms with E-state index in [2.05, 4.69) is 9.71 Å². The number of para-hydroxylation sites is 1. The summed E-state index contributed by atoms with van der Waals surface area (Å²) < 4.78 is 68.5. The van der Waals surface area contributed by atoms with Gasteiger partial charge in [-0.2, -0.15) is 13.2 Å². The second kappa shape index (κ2) is 7.01. The van der Waals surface area contributed by atoms with Gasteiger partial charge < -0.3 is 0 Å². The number of nitrogens with zero attached hydrogens (tertiary/aromatic N) is 2. The third-order valence-electron chi connectivity index (χ3n) is 5.20. The molecule has 7 nitrogen and oxygen atoms in total. The molecule has 11 heteroatoms. The highest BCUT2D eigenvalue weighted by Crippen LogP contribution is 2.35. The van der Waals surface area contributed by atoms with Crippen LogP contribution in [0.2, 0.25) is 0 Å². The molecular formula is C22H12F3N3O4S. The number of hydrogen-bond acceptors (Lipinski definition) is 5. The van der Waals surface area contributed by atoms with Crippen molar-refractivity contribution < 1.29 is 26.4 Å². The smallest absolute Gasteiger partial charge is 0.285 e. The van der Waals surface area contributed by atoms with E-state index in [1.54, 1.807) is 24.3 Å². The Morgan fingerprint density at radius 3 is 2.36 bits per heavy atom. The van der Waals surface area contributed by atoms with E-state index in [9.17, 15) is 31.2 Å². The molecule has 0 aliphatic carbocycles. The molecule has 1 aliphatic heterocycles. The minimum absolute atomic E-state index is 0.00689. The lowest BCUT2D eigenvalue weighted by Gasteiger charge is -2.14. The quantitative estimate of drug-likeness (QED) is 0.432. The first-order chi connectivity index (χ1) is 15.6. The molecule has 0 saturated heterocycles. The van der Waals surface area contributed by atoms with Crippen molar-refractivity contribution in [1.82, 2.24) is 9.55 Å². The second-order valence-electron chi connectivity index (χ2n) is 7.25. The molecule has 0 atom stereocenters. The Bertz CT molecular complexity index is 1640. The minimum atomic E-state index is -4.88. The fourth-order valence-corrected chi connectivity index (χ4v) is 5.03. The lowest BCUT2D eigenvalue weighted by Crippen LogP contribution is -2.22. The van der Waals surface area contributed by atoms with Gasteiger partial charge in [-0.25, -0.2) is 13.4 Å². The Labute approximate surface area is 184 Å². The summed E-state index contributed by atoms with van der Waals surface area (Å²) in [5, 5.41) is -0.00689. The molecule has 0 saturated carbocycles. The van der Waals surface area contributed by atoms with Gasteiger partial charge in [-0.1, -0.05) is 24.3 Å². The van der Waals surface area contributed by atoms with Crippen LogP contribution in [0.5, 0.6) is 0 Å². The van der Waals surface area contributed by atoms with Gasteiger partial charge in [0.25, 0.3) is 15.6 Å². The number of carbonyl (C=O) groups is 1. The predicted octanol–water partition coefficient (Wildman–Crippen LogP) is 3.75. The van der Waals surface area contributed by atoms with Crippen LogP contribution in [-0.4, -0.2) is 23.8 Å². The Hall–Kier alpha value is -3.99. The summed E-state index contributed by atoms with van der Waals surface area (Å²) >= 11 is 0. The van der Waals surface area contributed by atoms with Crippen LogP contribution in [0.4, 0.5) is 18.9 Å². The van der Waals surface area contributed by atoms with Crippen molar-refractivity contribution >= 4 is 32.4 Å². The van der Waals surface area contributed by atoms with Crippen molar-refractivity contribution in [2.75, 3.05) is 4.72 Å². The number of anilines is 1. The molecular weight excluding hydrogens is 459 g/mol. The summed E-state index contributed by atoms with van der Waals surface area (Å²) in [7, 11) is -4.63. The minimum Gasteiger partial charge on any atom is -0.285 e. The van der Waals surface area contributed by atoms with E-state index in [0.717, 1.165) is 16.7 Å². The van der Waals surface area contributed by atoms with Crippen LogP contribution in [0.1, 0.15) is 21.7 Å². The molecule has 0 fully saturated rings. The maximum absolute atomic E-state index is 13.3. The van der Waals surface area contributed by atoms with Gasteiger partial charge in [0, 0.05) is 5.69 Å². The van der Waals surface area contributed by atoms with Crippen LogP contribution in [0.25, 0.3) is 16.6 Å². The van der Waals surface area contributed by atoms with E-state index in [-0.39, 0.29) is 22.4 Å².